The van der Waals surface area contributed by atoms with Gasteiger partial charge in [0.1, 0.15) is 12.4 Å². The maximum absolute atomic E-state index is 12.3. The van der Waals surface area contributed by atoms with Gasteiger partial charge in [-0.25, -0.2) is 9.59 Å². The van der Waals surface area contributed by atoms with Gasteiger partial charge in [0.15, 0.2) is 0 Å². The number of carbonyl (C=O) groups excluding carboxylic acids is 2. The number of ether oxygens (including phenoxy) is 2. The number of aliphatic hydroxyl groups excluding tert-OH is 1. The molecule has 2 rings (SSSR count). The Balaban J connectivity index is 2.14. The second-order valence-electron chi connectivity index (χ2n) is 4.97. The highest BCUT2D eigenvalue weighted by molar-refractivity contribution is 5.96. The summed E-state index contributed by atoms with van der Waals surface area (Å²) in [5.41, 5.74) is -0.0609. The molecule has 0 aliphatic rings. The van der Waals surface area contributed by atoms with Crippen molar-refractivity contribution in [3.63, 3.8) is 0 Å². The molecule has 0 spiro atoms. The molecule has 26 heavy (non-hydrogen) atoms. The lowest BCUT2D eigenvalue weighted by atomic mass is 10.1. The largest absolute Gasteiger partial charge is 0.463 e. The number of aliphatic hydroxyl groups is 1. The van der Waals surface area contributed by atoms with E-state index in [-0.39, 0.29) is 48.2 Å². The molecule has 0 saturated carbocycles. The average molecular weight is 364 g/mol. The zero-order chi connectivity index (χ0) is 19.1. The molecule has 1 aromatic carbocycles. The number of nitro benzene ring substituents is 1. The Morgan fingerprint density at radius 1 is 1.27 bits per heavy atom. The fourth-order valence-corrected chi connectivity index (χ4v) is 2.04. The van der Waals surface area contributed by atoms with Crippen molar-refractivity contribution in [2.45, 2.75) is 6.61 Å². The van der Waals surface area contributed by atoms with Crippen LogP contribution >= 0.6 is 0 Å². The molecular formula is C16H16N2O8. The third-order valence-corrected chi connectivity index (χ3v) is 3.25. The summed E-state index contributed by atoms with van der Waals surface area (Å²) < 4.78 is 14.8. The first-order valence-corrected chi connectivity index (χ1v) is 7.43. The molecule has 0 amide bonds. The molecule has 0 saturated heterocycles. The van der Waals surface area contributed by atoms with Crippen LogP contribution in [0.4, 0.5) is 11.4 Å². The minimum Gasteiger partial charge on any atom is -0.463 e. The number of rotatable bonds is 8. The lowest BCUT2D eigenvalue weighted by Gasteiger charge is -2.10. The molecule has 0 unspecified atom stereocenters. The summed E-state index contributed by atoms with van der Waals surface area (Å²) in [4.78, 5) is 33.9. The van der Waals surface area contributed by atoms with E-state index in [2.05, 4.69) is 10.1 Å². The molecule has 0 fully saturated rings. The minimum atomic E-state index is -0.829. The third-order valence-electron chi connectivity index (χ3n) is 3.25. The van der Waals surface area contributed by atoms with Gasteiger partial charge in [-0.3, -0.25) is 10.1 Å². The van der Waals surface area contributed by atoms with Gasteiger partial charge in [-0.05, 0) is 18.2 Å². The van der Waals surface area contributed by atoms with E-state index in [0.717, 1.165) is 6.07 Å². The minimum absolute atomic E-state index is 0.0424. The van der Waals surface area contributed by atoms with Gasteiger partial charge in [0.25, 0.3) is 5.69 Å². The van der Waals surface area contributed by atoms with Gasteiger partial charge >= 0.3 is 11.9 Å². The lowest BCUT2D eigenvalue weighted by Crippen LogP contribution is -2.12. The summed E-state index contributed by atoms with van der Waals surface area (Å²) in [6.07, 6.45) is 0. The van der Waals surface area contributed by atoms with Crippen LogP contribution in [0.2, 0.25) is 0 Å². The van der Waals surface area contributed by atoms with Crippen molar-refractivity contribution in [1.29, 1.82) is 0 Å². The average Bonchev–Trinajstić information content (AvgIpc) is 3.12. The van der Waals surface area contributed by atoms with Crippen LogP contribution in [0.3, 0.4) is 0 Å². The Labute approximate surface area is 147 Å². The first kappa shape index (κ1) is 18.9. The summed E-state index contributed by atoms with van der Waals surface area (Å²) in [6, 6.07) is 6.47. The molecule has 2 N–H and O–H groups in total. The van der Waals surface area contributed by atoms with Gasteiger partial charge in [-0.2, -0.15) is 0 Å². The molecule has 1 heterocycles. The molecule has 10 nitrogen and oxygen atoms in total. The van der Waals surface area contributed by atoms with Crippen LogP contribution in [-0.4, -0.2) is 42.2 Å². The molecule has 138 valence electrons. The van der Waals surface area contributed by atoms with Crippen LogP contribution in [0, 0.1) is 10.1 Å². The maximum Gasteiger partial charge on any atom is 0.373 e. The van der Waals surface area contributed by atoms with Crippen molar-refractivity contribution in [3.05, 3.63) is 57.5 Å². The normalized spacial score (nSPS) is 10.2. The van der Waals surface area contributed by atoms with Gasteiger partial charge in [-0.15, -0.1) is 0 Å². The number of carbonyl (C=O) groups is 2. The topological polar surface area (TPSA) is 141 Å². The fraction of sp³-hybridized carbons (Fsp3) is 0.250. The van der Waals surface area contributed by atoms with Crippen molar-refractivity contribution in [2.24, 2.45) is 0 Å². The highest BCUT2D eigenvalue weighted by Gasteiger charge is 2.19. The molecule has 2 aromatic rings. The maximum atomic E-state index is 12.3. The second kappa shape index (κ2) is 8.62. The molecular weight excluding hydrogens is 348 g/mol. The smallest absolute Gasteiger partial charge is 0.373 e. The summed E-state index contributed by atoms with van der Waals surface area (Å²) >= 11 is 0. The Hall–Kier alpha value is -3.40. The standard InChI is InChI=1S/C16H16N2O8/c1-24-16(21)14-5-3-11(26-14)9-25-15(20)12-8-10(18(22)23)2-4-13(12)17-6-7-19/h2-5,8,17,19H,6-7,9H2,1H3. The summed E-state index contributed by atoms with van der Waals surface area (Å²) in [6.45, 7) is -0.315. The Morgan fingerprint density at radius 2 is 2.04 bits per heavy atom. The molecule has 0 bridgehead atoms. The number of nitrogens with zero attached hydrogens (tertiary/aromatic N) is 1. The number of benzene rings is 1. The Morgan fingerprint density at radius 3 is 2.69 bits per heavy atom. The number of hydrogen-bond acceptors (Lipinski definition) is 9. The van der Waals surface area contributed by atoms with Crippen molar-refractivity contribution in [1.82, 2.24) is 0 Å². The van der Waals surface area contributed by atoms with E-state index in [1.165, 1.54) is 31.4 Å². The number of furan rings is 1. The highest BCUT2D eigenvalue weighted by atomic mass is 16.6. The van der Waals surface area contributed by atoms with Crippen LogP contribution in [0.5, 0.6) is 0 Å². The summed E-state index contributed by atoms with van der Waals surface area (Å²) in [5, 5.41) is 22.6. The summed E-state index contributed by atoms with van der Waals surface area (Å²) in [7, 11) is 1.20. The van der Waals surface area contributed by atoms with E-state index in [0.29, 0.717) is 0 Å². The number of nitrogens with one attached hydrogen (secondary N) is 1. The highest BCUT2D eigenvalue weighted by Crippen LogP contribution is 2.23. The van der Waals surface area contributed by atoms with E-state index in [9.17, 15) is 19.7 Å². The summed E-state index contributed by atoms with van der Waals surface area (Å²) in [5.74, 6) is -1.34. The monoisotopic (exact) mass is 364 g/mol. The van der Waals surface area contributed by atoms with Crippen LogP contribution in [0.15, 0.2) is 34.7 Å². The molecule has 0 aliphatic carbocycles. The van der Waals surface area contributed by atoms with E-state index >= 15 is 0 Å². The quantitative estimate of drug-likeness (QED) is 0.407. The molecule has 10 heteroatoms. The van der Waals surface area contributed by atoms with Crippen molar-refractivity contribution >= 4 is 23.3 Å². The fourth-order valence-electron chi connectivity index (χ4n) is 2.04. The number of esters is 2. The van der Waals surface area contributed by atoms with Gasteiger partial charge in [0.05, 0.1) is 24.2 Å². The Bertz CT molecular complexity index is 814. The van der Waals surface area contributed by atoms with E-state index in [1.807, 2.05) is 0 Å². The van der Waals surface area contributed by atoms with Crippen molar-refractivity contribution in [3.8, 4) is 0 Å². The molecule has 0 aliphatic heterocycles. The predicted octanol–water partition coefficient (Wildman–Crippen LogP) is 1.74. The zero-order valence-electron chi connectivity index (χ0n) is 13.8. The zero-order valence-corrected chi connectivity index (χ0v) is 13.8. The number of nitro groups is 1. The van der Waals surface area contributed by atoms with Gasteiger partial charge in [-0.1, -0.05) is 0 Å². The van der Waals surface area contributed by atoms with Crippen molar-refractivity contribution < 1.29 is 33.5 Å². The molecule has 0 atom stereocenters. The lowest BCUT2D eigenvalue weighted by molar-refractivity contribution is -0.384. The number of methoxy groups -OCH3 is 1. The Kier molecular flexibility index (Phi) is 6.28. The van der Waals surface area contributed by atoms with Crippen LogP contribution < -0.4 is 5.32 Å². The van der Waals surface area contributed by atoms with Crippen LogP contribution in [0.1, 0.15) is 26.7 Å². The first-order chi connectivity index (χ1) is 12.5. The van der Waals surface area contributed by atoms with Crippen molar-refractivity contribution in [2.75, 3.05) is 25.6 Å². The van der Waals surface area contributed by atoms with Crippen LogP contribution in [0.25, 0.3) is 0 Å². The van der Waals surface area contributed by atoms with E-state index in [4.69, 9.17) is 14.3 Å². The van der Waals surface area contributed by atoms with E-state index < -0.39 is 16.9 Å². The van der Waals surface area contributed by atoms with E-state index in [1.54, 1.807) is 0 Å². The molecule has 1 aromatic heterocycles. The van der Waals surface area contributed by atoms with Gasteiger partial charge in [0.2, 0.25) is 5.76 Å². The predicted molar refractivity (Wildman–Crippen MR) is 87.8 cm³/mol. The molecule has 0 radical (unpaired) electrons. The SMILES string of the molecule is COC(=O)c1ccc(COC(=O)c2cc([N+](=O)[O-])ccc2NCCO)o1. The van der Waals surface area contributed by atoms with Gasteiger partial charge < -0.3 is 24.3 Å². The third kappa shape index (κ3) is 4.57. The number of hydrogen-bond donors (Lipinski definition) is 2. The van der Waals surface area contributed by atoms with Crippen LogP contribution in [-0.2, 0) is 16.1 Å². The van der Waals surface area contributed by atoms with Gasteiger partial charge in [0, 0.05) is 24.4 Å². The number of non-ortho nitro benzene ring substituents is 1. The second-order valence-corrected chi connectivity index (χ2v) is 4.97. The number of anilines is 1. The first-order valence-electron chi connectivity index (χ1n) is 7.43.